The molecule has 0 radical (unpaired) electrons. The monoisotopic (exact) mass is 239 g/mol. The molecule has 0 saturated carbocycles. The standard InChI is InChI=1S/C11H17N3O3/c1-4-7(2)14(6-10(15)16)11(17)9-5-12-13-8(9)3/h5,7H,4,6H2,1-3H3,(H,12,13)(H,15,16). The molecule has 0 aliphatic rings. The Bertz CT molecular complexity index is 414. The highest BCUT2D eigenvalue weighted by molar-refractivity contribution is 5.96. The van der Waals surface area contributed by atoms with Crippen molar-refractivity contribution < 1.29 is 14.7 Å². The third-order valence-corrected chi connectivity index (χ3v) is 2.75. The van der Waals surface area contributed by atoms with Crippen molar-refractivity contribution >= 4 is 11.9 Å². The lowest BCUT2D eigenvalue weighted by Crippen LogP contribution is -2.41. The Balaban J connectivity index is 2.94. The molecule has 6 heteroatoms. The van der Waals surface area contributed by atoms with Crippen molar-refractivity contribution in [1.82, 2.24) is 15.1 Å². The minimum atomic E-state index is -1.01. The molecule has 0 aliphatic heterocycles. The first kappa shape index (κ1) is 13.2. The maximum Gasteiger partial charge on any atom is 0.323 e. The number of nitrogens with zero attached hydrogens (tertiary/aromatic N) is 2. The number of aromatic nitrogens is 2. The van der Waals surface area contributed by atoms with Gasteiger partial charge in [-0.05, 0) is 20.3 Å². The van der Waals surface area contributed by atoms with Gasteiger partial charge in [0.2, 0.25) is 0 Å². The molecule has 1 heterocycles. The summed E-state index contributed by atoms with van der Waals surface area (Å²) in [5.74, 6) is -1.31. The third-order valence-electron chi connectivity index (χ3n) is 2.75. The van der Waals surface area contributed by atoms with Crippen LogP contribution in [0.15, 0.2) is 6.20 Å². The molecule has 1 amide bonds. The molecule has 17 heavy (non-hydrogen) atoms. The average Bonchev–Trinajstić information content (AvgIpc) is 2.70. The number of carboxylic acids is 1. The third kappa shape index (κ3) is 3.05. The van der Waals surface area contributed by atoms with E-state index in [0.29, 0.717) is 17.7 Å². The van der Waals surface area contributed by atoms with Crippen LogP contribution in [-0.4, -0.2) is 44.7 Å². The number of carbonyl (C=O) groups is 2. The van der Waals surface area contributed by atoms with Crippen LogP contribution >= 0.6 is 0 Å². The molecule has 0 fully saturated rings. The quantitative estimate of drug-likeness (QED) is 0.803. The van der Waals surface area contributed by atoms with Crippen LogP contribution in [0.4, 0.5) is 0 Å². The van der Waals surface area contributed by atoms with E-state index >= 15 is 0 Å². The van der Waals surface area contributed by atoms with Crippen molar-refractivity contribution in [2.75, 3.05) is 6.54 Å². The summed E-state index contributed by atoms with van der Waals surface area (Å²) in [4.78, 5) is 24.3. The zero-order chi connectivity index (χ0) is 13.0. The molecule has 1 atom stereocenters. The molecule has 0 bridgehead atoms. The molecule has 1 aromatic rings. The summed E-state index contributed by atoms with van der Waals surface area (Å²) in [7, 11) is 0. The number of amides is 1. The fourth-order valence-electron chi connectivity index (χ4n) is 1.51. The lowest BCUT2D eigenvalue weighted by molar-refractivity contribution is -0.138. The van der Waals surface area contributed by atoms with Crippen molar-refractivity contribution in [2.24, 2.45) is 0 Å². The Morgan fingerprint density at radius 1 is 1.59 bits per heavy atom. The first-order valence-electron chi connectivity index (χ1n) is 5.50. The molecule has 2 N–H and O–H groups in total. The Labute approximate surface area is 99.6 Å². The molecule has 1 unspecified atom stereocenters. The van der Waals surface area contributed by atoms with Gasteiger partial charge in [0.1, 0.15) is 6.54 Å². The number of H-pyrrole nitrogens is 1. The molecule has 1 rings (SSSR count). The Kier molecular flexibility index (Phi) is 4.25. The lowest BCUT2D eigenvalue weighted by Gasteiger charge is -2.26. The normalized spacial score (nSPS) is 12.2. The second-order valence-electron chi connectivity index (χ2n) is 3.99. The number of aromatic amines is 1. The number of aryl methyl sites for hydroxylation is 1. The number of carbonyl (C=O) groups excluding carboxylic acids is 1. The van der Waals surface area contributed by atoms with Gasteiger partial charge in [-0.2, -0.15) is 5.10 Å². The summed E-state index contributed by atoms with van der Waals surface area (Å²) in [6.45, 7) is 5.18. The summed E-state index contributed by atoms with van der Waals surface area (Å²) >= 11 is 0. The second-order valence-corrected chi connectivity index (χ2v) is 3.99. The Hall–Kier alpha value is -1.85. The number of rotatable bonds is 5. The van der Waals surface area contributed by atoms with E-state index in [2.05, 4.69) is 10.2 Å². The summed E-state index contributed by atoms with van der Waals surface area (Å²) < 4.78 is 0. The van der Waals surface area contributed by atoms with Crippen LogP contribution in [0.3, 0.4) is 0 Å². The van der Waals surface area contributed by atoms with Crippen LogP contribution in [0.5, 0.6) is 0 Å². The lowest BCUT2D eigenvalue weighted by atomic mass is 10.1. The minimum absolute atomic E-state index is 0.118. The Morgan fingerprint density at radius 2 is 2.24 bits per heavy atom. The van der Waals surface area contributed by atoms with Crippen molar-refractivity contribution in [1.29, 1.82) is 0 Å². The van der Waals surface area contributed by atoms with Crippen LogP contribution in [0, 0.1) is 6.92 Å². The molecule has 0 aromatic carbocycles. The van der Waals surface area contributed by atoms with Crippen molar-refractivity contribution in [3.63, 3.8) is 0 Å². The smallest absolute Gasteiger partial charge is 0.323 e. The van der Waals surface area contributed by atoms with E-state index in [4.69, 9.17) is 5.11 Å². The van der Waals surface area contributed by atoms with Gasteiger partial charge in [-0.1, -0.05) is 6.92 Å². The molecule has 94 valence electrons. The summed E-state index contributed by atoms with van der Waals surface area (Å²) in [5.41, 5.74) is 1.07. The van der Waals surface area contributed by atoms with Gasteiger partial charge in [0, 0.05) is 11.7 Å². The summed E-state index contributed by atoms with van der Waals surface area (Å²) in [5, 5.41) is 15.3. The van der Waals surface area contributed by atoms with Crippen molar-refractivity contribution in [3.05, 3.63) is 17.5 Å². The number of hydrogen-bond donors (Lipinski definition) is 2. The van der Waals surface area contributed by atoms with Gasteiger partial charge in [0.25, 0.3) is 5.91 Å². The first-order valence-corrected chi connectivity index (χ1v) is 5.50. The number of nitrogens with one attached hydrogen (secondary N) is 1. The first-order chi connectivity index (χ1) is 7.97. The summed E-state index contributed by atoms with van der Waals surface area (Å²) in [6.07, 6.45) is 2.13. The summed E-state index contributed by atoms with van der Waals surface area (Å²) in [6, 6.07) is -0.118. The predicted molar refractivity (Wildman–Crippen MR) is 61.8 cm³/mol. The molecule has 1 aromatic heterocycles. The van der Waals surface area contributed by atoms with Crippen LogP contribution < -0.4 is 0 Å². The highest BCUT2D eigenvalue weighted by Gasteiger charge is 2.24. The highest BCUT2D eigenvalue weighted by atomic mass is 16.4. The maximum atomic E-state index is 12.2. The topological polar surface area (TPSA) is 86.3 Å². The maximum absolute atomic E-state index is 12.2. The van der Waals surface area contributed by atoms with Crippen molar-refractivity contribution in [3.8, 4) is 0 Å². The average molecular weight is 239 g/mol. The van der Waals surface area contributed by atoms with E-state index in [1.807, 2.05) is 13.8 Å². The fraction of sp³-hybridized carbons (Fsp3) is 0.545. The minimum Gasteiger partial charge on any atom is -0.480 e. The molecule has 0 saturated heterocycles. The van der Waals surface area contributed by atoms with Gasteiger partial charge >= 0.3 is 5.97 Å². The van der Waals surface area contributed by atoms with Gasteiger partial charge in [-0.15, -0.1) is 0 Å². The van der Waals surface area contributed by atoms with Crippen LogP contribution in [-0.2, 0) is 4.79 Å². The van der Waals surface area contributed by atoms with Gasteiger partial charge in [-0.25, -0.2) is 0 Å². The van der Waals surface area contributed by atoms with E-state index in [1.54, 1.807) is 6.92 Å². The van der Waals surface area contributed by atoms with Gasteiger partial charge in [0.15, 0.2) is 0 Å². The van der Waals surface area contributed by atoms with E-state index in [0.717, 1.165) is 0 Å². The molecule has 0 spiro atoms. The van der Waals surface area contributed by atoms with E-state index < -0.39 is 5.97 Å². The SMILES string of the molecule is CCC(C)N(CC(=O)O)C(=O)c1cn[nH]c1C. The zero-order valence-electron chi connectivity index (χ0n) is 10.2. The molecular weight excluding hydrogens is 222 g/mol. The van der Waals surface area contributed by atoms with Crippen LogP contribution in [0.25, 0.3) is 0 Å². The number of aliphatic carboxylic acids is 1. The van der Waals surface area contributed by atoms with E-state index in [-0.39, 0.29) is 18.5 Å². The Morgan fingerprint density at radius 3 is 2.65 bits per heavy atom. The second kappa shape index (κ2) is 5.47. The number of carboxylic acid groups (broad SMARTS) is 1. The number of hydrogen-bond acceptors (Lipinski definition) is 3. The van der Waals surface area contributed by atoms with Gasteiger partial charge < -0.3 is 10.0 Å². The largest absolute Gasteiger partial charge is 0.480 e. The predicted octanol–water partition coefficient (Wildman–Crippen LogP) is 1.04. The molecule has 0 aliphatic carbocycles. The van der Waals surface area contributed by atoms with E-state index in [9.17, 15) is 9.59 Å². The zero-order valence-corrected chi connectivity index (χ0v) is 10.2. The van der Waals surface area contributed by atoms with Gasteiger partial charge in [0.05, 0.1) is 11.8 Å². The van der Waals surface area contributed by atoms with E-state index in [1.165, 1.54) is 11.1 Å². The molecular formula is C11H17N3O3. The molecule has 6 nitrogen and oxygen atoms in total. The fourth-order valence-corrected chi connectivity index (χ4v) is 1.51. The van der Waals surface area contributed by atoms with Crippen LogP contribution in [0.1, 0.15) is 36.3 Å². The highest BCUT2D eigenvalue weighted by Crippen LogP contribution is 2.12. The van der Waals surface area contributed by atoms with Crippen LogP contribution in [0.2, 0.25) is 0 Å². The van der Waals surface area contributed by atoms with Gasteiger partial charge in [-0.3, -0.25) is 14.7 Å². The van der Waals surface area contributed by atoms with Crippen molar-refractivity contribution in [2.45, 2.75) is 33.2 Å².